The van der Waals surface area contributed by atoms with E-state index in [1.165, 1.54) is 20.0 Å². The first-order valence-corrected chi connectivity index (χ1v) is 9.77. The fourth-order valence-electron chi connectivity index (χ4n) is 3.20. The third-order valence-corrected chi connectivity index (χ3v) is 5.38. The molecule has 4 rings (SSSR count). The number of esters is 1. The second-order valence-electron chi connectivity index (χ2n) is 6.87. The van der Waals surface area contributed by atoms with Crippen molar-refractivity contribution in [2.45, 2.75) is 25.3 Å². The van der Waals surface area contributed by atoms with E-state index in [9.17, 15) is 4.79 Å². The molecule has 0 spiro atoms. The molecular weight excluding hydrogens is 406 g/mol. The highest BCUT2D eigenvalue weighted by atomic mass is 79.9. The molecule has 2 aromatic heterocycles. The first kappa shape index (κ1) is 17.9. The van der Waals surface area contributed by atoms with Gasteiger partial charge in [0.15, 0.2) is 0 Å². The maximum Gasteiger partial charge on any atom is 0.337 e. The number of ether oxygens (including phenoxy) is 1. The zero-order chi connectivity index (χ0) is 18.8. The number of imidazole rings is 1. The number of carbonyl (C=O) groups excluding carboxylic acids is 1. The summed E-state index contributed by atoms with van der Waals surface area (Å²) in [5.41, 5.74) is 3.43. The van der Waals surface area contributed by atoms with Crippen LogP contribution in [0.1, 0.15) is 41.4 Å². The van der Waals surface area contributed by atoms with E-state index in [1.54, 1.807) is 12.1 Å². The largest absolute Gasteiger partial charge is 0.465 e. The van der Waals surface area contributed by atoms with Gasteiger partial charge in [0.2, 0.25) is 0 Å². The van der Waals surface area contributed by atoms with Crippen LogP contribution < -0.4 is 0 Å². The topological polar surface area (TPSA) is 57.0 Å². The molecule has 0 N–H and O–H groups in total. The van der Waals surface area contributed by atoms with Crippen LogP contribution in [0, 0.1) is 5.92 Å². The molecule has 0 aliphatic heterocycles. The van der Waals surface area contributed by atoms with Gasteiger partial charge in [-0.05, 0) is 52.5 Å². The van der Waals surface area contributed by atoms with Gasteiger partial charge in [0, 0.05) is 22.4 Å². The maximum absolute atomic E-state index is 11.6. The lowest BCUT2D eigenvalue weighted by Gasteiger charge is -2.17. The first-order chi connectivity index (χ1) is 13.1. The molecule has 1 unspecified atom stereocenters. The Hall–Kier alpha value is -2.47. The van der Waals surface area contributed by atoms with Gasteiger partial charge >= 0.3 is 5.97 Å². The molecule has 6 heteroatoms. The van der Waals surface area contributed by atoms with E-state index in [0.717, 1.165) is 33.8 Å². The summed E-state index contributed by atoms with van der Waals surface area (Å²) in [6, 6.07) is 11.6. The van der Waals surface area contributed by atoms with Crippen molar-refractivity contribution in [1.29, 1.82) is 0 Å². The molecule has 1 atom stereocenters. The Balaban J connectivity index is 1.60. The molecule has 0 bridgehead atoms. The lowest BCUT2D eigenvalue weighted by Crippen LogP contribution is -2.11. The predicted molar refractivity (Wildman–Crippen MR) is 106 cm³/mol. The van der Waals surface area contributed by atoms with Crippen molar-refractivity contribution in [2.24, 2.45) is 5.92 Å². The molecule has 27 heavy (non-hydrogen) atoms. The van der Waals surface area contributed by atoms with Gasteiger partial charge in [-0.25, -0.2) is 9.78 Å². The van der Waals surface area contributed by atoms with E-state index in [-0.39, 0.29) is 12.0 Å². The van der Waals surface area contributed by atoms with Crippen LogP contribution in [0.4, 0.5) is 0 Å². The molecule has 2 heterocycles. The summed E-state index contributed by atoms with van der Waals surface area (Å²) in [5.74, 6) is 0.434. The molecule has 0 radical (unpaired) electrons. The van der Waals surface area contributed by atoms with Crippen molar-refractivity contribution in [3.8, 4) is 11.3 Å². The molecule has 138 valence electrons. The standard InChI is InChI=1S/C21H20BrN3O2/c1-27-21(26)16-6-4-15(5-7-16)19-12-25(13-24-19)20(10-14-2-3-14)18-9-8-17(22)11-23-18/h4-9,11-14,20H,2-3,10H2,1H3. The van der Waals surface area contributed by atoms with Crippen molar-refractivity contribution in [3.05, 3.63) is 70.8 Å². The smallest absolute Gasteiger partial charge is 0.337 e. The van der Waals surface area contributed by atoms with E-state index in [4.69, 9.17) is 4.74 Å². The molecule has 1 aliphatic rings. The number of methoxy groups -OCH3 is 1. The van der Waals surface area contributed by atoms with Crippen LogP contribution in [0.3, 0.4) is 0 Å². The molecule has 1 saturated carbocycles. The monoisotopic (exact) mass is 425 g/mol. The zero-order valence-electron chi connectivity index (χ0n) is 15.0. The molecular formula is C21H20BrN3O2. The van der Waals surface area contributed by atoms with Crippen molar-refractivity contribution in [2.75, 3.05) is 7.11 Å². The minimum absolute atomic E-state index is 0.182. The lowest BCUT2D eigenvalue weighted by atomic mass is 10.1. The quantitative estimate of drug-likeness (QED) is 0.527. The molecule has 0 saturated heterocycles. The highest BCUT2D eigenvalue weighted by molar-refractivity contribution is 9.10. The van der Waals surface area contributed by atoms with E-state index in [1.807, 2.05) is 30.7 Å². The maximum atomic E-state index is 11.6. The summed E-state index contributed by atoms with van der Waals surface area (Å²) in [6.45, 7) is 0. The molecule has 0 amide bonds. The van der Waals surface area contributed by atoms with E-state index in [0.29, 0.717) is 5.56 Å². The van der Waals surface area contributed by atoms with Crippen LogP contribution in [0.2, 0.25) is 0 Å². The van der Waals surface area contributed by atoms with Gasteiger partial charge in [0.1, 0.15) is 0 Å². The summed E-state index contributed by atoms with van der Waals surface area (Å²) < 4.78 is 7.88. The van der Waals surface area contributed by atoms with Gasteiger partial charge in [-0.3, -0.25) is 4.98 Å². The Bertz CT molecular complexity index is 931. The lowest BCUT2D eigenvalue weighted by molar-refractivity contribution is 0.0601. The third kappa shape index (κ3) is 4.11. The van der Waals surface area contributed by atoms with Gasteiger partial charge in [-0.1, -0.05) is 25.0 Å². The number of halogens is 1. The van der Waals surface area contributed by atoms with Crippen molar-refractivity contribution >= 4 is 21.9 Å². The fourth-order valence-corrected chi connectivity index (χ4v) is 3.43. The number of hydrogen-bond acceptors (Lipinski definition) is 4. The molecule has 5 nitrogen and oxygen atoms in total. The Labute approximate surface area is 166 Å². The molecule has 1 aromatic carbocycles. The molecule has 1 fully saturated rings. The van der Waals surface area contributed by atoms with Crippen LogP contribution in [-0.2, 0) is 4.74 Å². The summed E-state index contributed by atoms with van der Waals surface area (Å²) in [6.07, 6.45) is 9.45. The Morgan fingerprint density at radius 1 is 1.22 bits per heavy atom. The second kappa shape index (κ2) is 7.64. The van der Waals surface area contributed by atoms with Gasteiger partial charge in [0.05, 0.1) is 36.4 Å². The Morgan fingerprint density at radius 3 is 2.63 bits per heavy atom. The SMILES string of the molecule is COC(=O)c1ccc(-c2cn(C(CC3CC3)c3ccc(Br)cn3)cn2)cc1. The van der Waals surface area contributed by atoms with Crippen LogP contribution in [0.5, 0.6) is 0 Å². The second-order valence-corrected chi connectivity index (χ2v) is 7.79. The summed E-state index contributed by atoms with van der Waals surface area (Å²) >= 11 is 3.46. The van der Waals surface area contributed by atoms with Gasteiger partial charge in [0.25, 0.3) is 0 Å². The summed E-state index contributed by atoms with van der Waals surface area (Å²) in [5, 5.41) is 0. The average molecular weight is 426 g/mol. The number of hydrogen-bond donors (Lipinski definition) is 0. The highest BCUT2D eigenvalue weighted by Crippen LogP contribution is 2.39. The van der Waals surface area contributed by atoms with Gasteiger partial charge in [-0.2, -0.15) is 0 Å². The van der Waals surface area contributed by atoms with Crippen molar-refractivity contribution in [1.82, 2.24) is 14.5 Å². The van der Waals surface area contributed by atoms with Crippen LogP contribution >= 0.6 is 15.9 Å². The number of rotatable bonds is 6. The zero-order valence-corrected chi connectivity index (χ0v) is 16.6. The number of pyridine rings is 1. The molecule has 1 aliphatic carbocycles. The summed E-state index contributed by atoms with van der Waals surface area (Å²) in [4.78, 5) is 20.8. The van der Waals surface area contributed by atoms with Crippen molar-refractivity contribution < 1.29 is 9.53 Å². The minimum atomic E-state index is -0.335. The Kier molecular flexibility index (Phi) is 5.07. The molecule has 3 aromatic rings. The minimum Gasteiger partial charge on any atom is -0.465 e. The van der Waals surface area contributed by atoms with Gasteiger partial charge < -0.3 is 9.30 Å². The van der Waals surface area contributed by atoms with E-state index >= 15 is 0 Å². The van der Waals surface area contributed by atoms with Crippen LogP contribution in [0.25, 0.3) is 11.3 Å². The van der Waals surface area contributed by atoms with Gasteiger partial charge in [-0.15, -0.1) is 0 Å². The number of nitrogens with zero attached hydrogens (tertiary/aromatic N) is 3. The van der Waals surface area contributed by atoms with E-state index in [2.05, 4.69) is 42.7 Å². The predicted octanol–water partition coefficient (Wildman–Crippen LogP) is 4.88. The number of carbonyl (C=O) groups is 1. The average Bonchev–Trinajstić information content (AvgIpc) is 3.40. The van der Waals surface area contributed by atoms with E-state index < -0.39 is 0 Å². The number of benzene rings is 1. The summed E-state index contributed by atoms with van der Waals surface area (Å²) in [7, 11) is 1.38. The first-order valence-electron chi connectivity index (χ1n) is 8.97. The van der Waals surface area contributed by atoms with Crippen molar-refractivity contribution in [3.63, 3.8) is 0 Å². The van der Waals surface area contributed by atoms with Crippen LogP contribution in [0.15, 0.2) is 59.6 Å². The normalized spacial score (nSPS) is 14.7. The van der Waals surface area contributed by atoms with Crippen LogP contribution in [-0.4, -0.2) is 27.6 Å². The number of aromatic nitrogens is 3. The highest BCUT2D eigenvalue weighted by Gasteiger charge is 2.28. The fraction of sp³-hybridized carbons (Fsp3) is 0.286. The third-order valence-electron chi connectivity index (χ3n) is 4.91. The Morgan fingerprint density at radius 2 is 2.00 bits per heavy atom.